The van der Waals surface area contributed by atoms with Crippen LogP contribution >= 0.6 is 0 Å². The number of carbonyl (C=O) groups is 1. The van der Waals surface area contributed by atoms with Crippen LogP contribution in [0.15, 0.2) is 30.6 Å². The molecule has 8 nitrogen and oxygen atoms in total. The van der Waals surface area contributed by atoms with Crippen LogP contribution in [0.3, 0.4) is 0 Å². The van der Waals surface area contributed by atoms with Gasteiger partial charge in [0.15, 0.2) is 0 Å². The lowest BCUT2D eigenvalue weighted by atomic mass is 10.0. The molecule has 2 N–H and O–H groups in total. The van der Waals surface area contributed by atoms with Crippen LogP contribution in [-0.4, -0.2) is 59.3 Å². The maximum absolute atomic E-state index is 11.7. The highest BCUT2D eigenvalue weighted by Crippen LogP contribution is 2.40. The first-order valence-corrected chi connectivity index (χ1v) is 12.4. The number of anilines is 1. The zero-order valence-electron chi connectivity index (χ0n) is 19.9. The van der Waals surface area contributed by atoms with Gasteiger partial charge >= 0.3 is 0 Å². The number of nitrogens with one attached hydrogen (secondary N) is 2. The molecule has 2 saturated heterocycles. The third-order valence-electron chi connectivity index (χ3n) is 7.38. The number of aromatic nitrogens is 3. The molecule has 1 amide bonds. The highest BCUT2D eigenvalue weighted by molar-refractivity contribution is 5.85. The first-order valence-electron chi connectivity index (χ1n) is 12.4. The zero-order chi connectivity index (χ0) is 23.2. The number of hydrogen-bond acceptors (Lipinski definition) is 6. The van der Waals surface area contributed by atoms with Crippen LogP contribution in [0.1, 0.15) is 37.8 Å². The molecule has 1 unspecified atom stereocenters. The molecule has 4 heterocycles. The predicted octanol–water partition coefficient (Wildman–Crippen LogP) is 3.05. The van der Waals surface area contributed by atoms with Gasteiger partial charge in [-0.05, 0) is 50.5 Å². The van der Waals surface area contributed by atoms with Crippen molar-refractivity contribution in [2.45, 2.75) is 45.3 Å². The monoisotopic (exact) mass is 460 g/mol. The van der Waals surface area contributed by atoms with E-state index in [0.717, 1.165) is 61.3 Å². The number of fused-ring (bicyclic) bond motifs is 1. The number of aryl methyl sites for hydroxylation is 1. The number of hydrogen-bond donors (Lipinski definition) is 2. The van der Waals surface area contributed by atoms with Gasteiger partial charge in [0.2, 0.25) is 11.8 Å². The van der Waals surface area contributed by atoms with E-state index in [1.165, 1.54) is 11.3 Å². The molecule has 2 atom stereocenters. The Morgan fingerprint density at radius 2 is 2.00 bits per heavy atom. The fourth-order valence-electron chi connectivity index (χ4n) is 5.19. The third-order valence-corrected chi connectivity index (χ3v) is 7.38. The minimum atomic E-state index is -0.121. The highest BCUT2D eigenvalue weighted by Gasteiger charge is 2.31. The molecule has 3 aliphatic rings. The lowest BCUT2D eigenvalue weighted by Crippen LogP contribution is -2.43. The van der Waals surface area contributed by atoms with Gasteiger partial charge in [-0.15, -0.1) is 0 Å². The zero-order valence-corrected chi connectivity index (χ0v) is 19.9. The van der Waals surface area contributed by atoms with Crippen molar-refractivity contribution >= 4 is 22.6 Å². The van der Waals surface area contributed by atoms with Crippen LogP contribution < -0.4 is 20.3 Å². The lowest BCUT2D eigenvalue weighted by Gasteiger charge is -2.30. The summed E-state index contributed by atoms with van der Waals surface area (Å²) in [5, 5.41) is 6.34. The summed E-state index contributed by atoms with van der Waals surface area (Å²) in [6, 6.07) is 9.14. The second kappa shape index (κ2) is 8.58. The van der Waals surface area contributed by atoms with Gasteiger partial charge < -0.3 is 24.8 Å². The van der Waals surface area contributed by atoms with Gasteiger partial charge in [-0.1, -0.05) is 6.07 Å². The predicted molar refractivity (Wildman–Crippen MR) is 132 cm³/mol. The van der Waals surface area contributed by atoms with E-state index in [9.17, 15) is 4.79 Å². The average molecular weight is 461 g/mol. The van der Waals surface area contributed by atoms with Crippen molar-refractivity contribution in [3.63, 3.8) is 0 Å². The molecule has 1 aromatic carbocycles. The number of pyridine rings is 1. The molecule has 0 radical (unpaired) electrons. The van der Waals surface area contributed by atoms with Gasteiger partial charge in [0, 0.05) is 62.4 Å². The minimum Gasteiger partial charge on any atom is -0.473 e. The number of carbonyl (C=O) groups excluding carboxylic acids is 1. The van der Waals surface area contributed by atoms with Crippen LogP contribution in [0.25, 0.3) is 22.3 Å². The van der Waals surface area contributed by atoms with E-state index in [0.29, 0.717) is 24.9 Å². The van der Waals surface area contributed by atoms with E-state index in [1.54, 1.807) is 0 Å². The first kappa shape index (κ1) is 21.4. The molecule has 0 spiro atoms. The van der Waals surface area contributed by atoms with E-state index in [1.807, 2.05) is 13.3 Å². The lowest BCUT2D eigenvalue weighted by molar-refractivity contribution is -0.119. The Morgan fingerprint density at radius 1 is 1.18 bits per heavy atom. The maximum atomic E-state index is 11.7. The second-order valence-corrected chi connectivity index (χ2v) is 9.89. The van der Waals surface area contributed by atoms with Gasteiger partial charge in [0.05, 0.1) is 17.5 Å². The first-order chi connectivity index (χ1) is 16.6. The molecule has 2 aromatic heterocycles. The number of amides is 1. The summed E-state index contributed by atoms with van der Waals surface area (Å²) >= 11 is 0. The van der Waals surface area contributed by atoms with Gasteiger partial charge in [0.25, 0.3) is 0 Å². The van der Waals surface area contributed by atoms with Crippen molar-refractivity contribution in [3.8, 4) is 17.1 Å². The molecule has 0 bridgehead atoms. The molecular weight excluding hydrogens is 428 g/mol. The normalized spacial score (nSPS) is 21.6. The van der Waals surface area contributed by atoms with Gasteiger partial charge in [-0.3, -0.25) is 4.79 Å². The van der Waals surface area contributed by atoms with Crippen molar-refractivity contribution in [2.75, 3.05) is 37.6 Å². The average Bonchev–Trinajstić information content (AvgIpc) is 3.44. The molecule has 8 heteroatoms. The van der Waals surface area contributed by atoms with E-state index in [-0.39, 0.29) is 17.9 Å². The van der Waals surface area contributed by atoms with Crippen molar-refractivity contribution in [2.24, 2.45) is 5.92 Å². The maximum Gasteiger partial charge on any atom is 0.241 e. The van der Waals surface area contributed by atoms with Crippen molar-refractivity contribution in [3.05, 3.63) is 36.2 Å². The molecular formula is C26H32N6O2. The summed E-state index contributed by atoms with van der Waals surface area (Å²) in [5.41, 5.74) is 6.33. The van der Waals surface area contributed by atoms with Crippen molar-refractivity contribution in [1.29, 1.82) is 0 Å². The third kappa shape index (κ3) is 4.00. The Hall–Kier alpha value is -3.13. The number of piperazine rings is 1. The quantitative estimate of drug-likeness (QED) is 0.588. The molecule has 1 aliphatic carbocycles. The summed E-state index contributed by atoms with van der Waals surface area (Å²) < 4.78 is 8.68. The smallest absolute Gasteiger partial charge is 0.241 e. The Kier molecular flexibility index (Phi) is 5.40. The number of ether oxygens (including phenoxy) is 1. The Morgan fingerprint density at radius 3 is 2.71 bits per heavy atom. The van der Waals surface area contributed by atoms with Crippen LogP contribution in [0.4, 0.5) is 5.69 Å². The number of nitrogens with zero attached hydrogens (tertiary/aromatic N) is 4. The van der Waals surface area contributed by atoms with Gasteiger partial charge in [-0.25, -0.2) is 9.97 Å². The van der Waals surface area contributed by atoms with E-state index >= 15 is 0 Å². The SMILES string of the molecule is Cc1cc(-c2cc3ncn(C4CC4)c3c(O[C@H](C)C3CNC(=O)C3)n2)ccc1N1CCNCC1. The molecule has 3 fully saturated rings. The number of rotatable bonds is 6. The van der Waals surface area contributed by atoms with E-state index < -0.39 is 0 Å². The molecule has 34 heavy (non-hydrogen) atoms. The van der Waals surface area contributed by atoms with Crippen LogP contribution in [0.5, 0.6) is 5.88 Å². The van der Waals surface area contributed by atoms with Crippen molar-refractivity contribution < 1.29 is 9.53 Å². The fourth-order valence-corrected chi connectivity index (χ4v) is 5.19. The number of benzene rings is 1. The van der Waals surface area contributed by atoms with Crippen LogP contribution in [-0.2, 0) is 4.79 Å². The summed E-state index contributed by atoms with van der Waals surface area (Å²) in [6.45, 7) is 8.94. The standard InChI is InChI=1S/C26H32N6O2/c1-16-11-18(3-6-23(16)31-9-7-27-8-10-31)21-13-22-25(32(15-29-22)20-4-5-20)26(30-21)34-17(2)19-12-24(33)28-14-19/h3,6,11,13,15,17,19-20,27H,4-5,7-10,12,14H2,1-2H3,(H,28,33)/t17-,19?/m1/s1. The molecule has 6 rings (SSSR count). The topological polar surface area (TPSA) is 84.3 Å². The van der Waals surface area contributed by atoms with Crippen LogP contribution in [0, 0.1) is 12.8 Å². The van der Waals surface area contributed by atoms with Crippen molar-refractivity contribution in [1.82, 2.24) is 25.2 Å². The van der Waals surface area contributed by atoms with E-state index in [4.69, 9.17) is 14.7 Å². The summed E-state index contributed by atoms with van der Waals surface area (Å²) in [7, 11) is 0. The largest absolute Gasteiger partial charge is 0.473 e. The molecule has 3 aromatic rings. The molecule has 2 aliphatic heterocycles. The minimum absolute atomic E-state index is 0.0929. The van der Waals surface area contributed by atoms with Gasteiger partial charge in [0.1, 0.15) is 11.6 Å². The summed E-state index contributed by atoms with van der Waals surface area (Å²) in [6.07, 6.45) is 4.62. The number of imidazole rings is 1. The Bertz CT molecular complexity index is 1230. The Balaban J connectivity index is 1.36. The fraction of sp³-hybridized carbons (Fsp3) is 0.500. The summed E-state index contributed by atoms with van der Waals surface area (Å²) in [4.78, 5) is 23.9. The second-order valence-electron chi connectivity index (χ2n) is 9.89. The van der Waals surface area contributed by atoms with Crippen LogP contribution in [0.2, 0.25) is 0 Å². The molecule has 178 valence electrons. The van der Waals surface area contributed by atoms with E-state index in [2.05, 4.69) is 51.3 Å². The Labute approximate surface area is 199 Å². The summed E-state index contributed by atoms with van der Waals surface area (Å²) in [5.74, 6) is 0.855. The highest BCUT2D eigenvalue weighted by atomic mass is 16.5. The van der Waals surface area contributed by atoms with Gasteiger partial charge in [-0.2, -0.15) is 0 Å². The molecule has 1 saturated carbocycles.